The van der Waals surface area contributed by atoms with Gasteiger partial charge in [-0.1, -0.05) is 39.8 Å². The van der Waals surface area contributed by atoms with Crippen molar-refractivity contribution in [1.82, 2.24) is 0 Å². The van der Waals surface area contributed by atoms with Gasteiger partial charge in [0.1, 0.15) is 46.0 Å². The van der Waals surface area contributed by atoms with E-state index < -0.39 is 9.84 Å². The van der Waals surface area contributed by atoms with E-state index >= 15 is 0 Å². The molecule has 2 aliphatic rings. The van der Waals surface area contributed by atoms with Gasteiger partial charge in [0.25, 0.3) is 0 Å². The largest absolute Gasteiger partial charge is 0.508 e. The summed E-state index contributed by atoms with van der Waals surface area (Å²) in [5, 5.41) is 19.2. The Labute approximate surface area is 401 Å². The summed E-state index contributed by atoms with van der Waals surface area (Å²) in [5.74, 6) is 3.33. The Bertz CT molecular complexity index is 3370. The van der Waals surface area contributed by atoms with E-state index in [9.17, 15) is 28.2 Å². The summed E-state index contributed by atoms with van der Waals surface area (Å²) in [4.78, 5) is 26.8. The first-order valence-electron chi connectivity index (χ1n) is 22.6. The molecule has 0 radical (unpaired) electrons. The summed E-state index contributed by atoms with van der Waals surface area (Å²) in [6.07, 6.45) is 1.83. The van der Waals surface area contributed by atoms with Crippen molar-refractivity contribution in [3.05, 3.63) is 226 Å². The second-order valence-electron chi connectivity index (χ2n) is 19.2. The third-order valence-corrected chi connectivity index (χ3v) is 15.2. The molecule has 2 N–H and O–H groups in total. The van der Waals surface area contributed by atoms with E-state index in [1.54, 1.807) is 97.1 Å². The van der Waals surface area contributed by atoms with Crippen molar-refractivity contribution in [2.24, 2.45) is 0 Å². The first-order chi connectivity index (χ1) is 33.0. The number of benzene rings is 8. The normalized spacial score (nSPS) is 16.3. The maximum absolute atomic E-state index is 13.6. The minimum atomic E-state index is -3.77. The molecule has 0 saturated heterocycles. The van der Waals surface area contributed by atoms with Crippen molar-refractivity contribution in [2.75, 3.05) is 0 Å². The molecule has 10 rings (SSSR count). The zero-order chi connectivity index (χ0) is 48.3. The fraction of sp³-hybridized carbons (Fsp3) is 0.153. The first-order valence-corrected chi connectivity index (χ1v) is 24.1. The number of carbonyl (C=O) groups is 2. The molecule has 344 valence electrons. The van der Waals surface area contributed by atoms with Crippen LogP contribution in [0.5, 0.6) is 46.0 Å². The maximum atomic E-state index is 13.6. The van der Waals surface area contributed by atoms with Crippen LogP contribution in [0.2, 0.25) is 0 Å². The smallest absolute Gasteiger partial charge is 0.206 e. The van der Waals surface area contributed by atoms with Crippen LogP contribution in [-0.4, -0.2) is 30.2 Å². The van der Waals surface area contributed by atoms with Gasteiger partial charge in [-0.25, -0.2) is 8.42 Å². The highest BCUT2D eigenvalue weighted by atomic mass is 32.2. The molecule has 10 heteroatoms. The van der Waals surface area contributed by atoms with Crippen LogP contribution in [0.15, 0.2) is 192 Å². The molecule has 0 aromatic heterocycles. The number of phenols is 2. The van der Waals surface area contributed by atoms with Crippen LogP contribution in [0, 0.1) is 0 Å². The summed E-state index contributed by atoms with van der Waals surface area (Å²) in [7, 11) is -3.77. The molecule has 8 aromatic carbocycles. The van der Waals surface area contributed by atoms with Crippen LogP contribution < -0.4 is 14.2 Å². The molecule has 2 aliphatic carbocycles. The van der Waals surface area contributed by atoms with Gasteiger partial charge in [0.15, 0.2) is 11.6 Å². The van der Waals surface area contributed by atoms with Crippen LogP contribution in [0.25, 0.3) is 0 Å². The van der Waals surface area contributed by atoms with Gasteiger partial charge in [-0.05, 0) is 216 Å². The van der Waals surface area contributed by atoms with Crippen molar-refractivity contribution < 1.29 is 42.4 Å². The summed E-state index contributed by atoms with van der Waals surface area (Å²) in [5.41, 5.74) is 6.53. The van der Waals surface area contributed by atoms with E-state index in [2.05, 4.69) is 52.0 Å². The standard InChI is InChI=1S/C59H48O9S/c1-57(2)35-59(53-33-47(25-31-51(53)57)67-44-19-9-38(10-20-44)55(62)37-5-13-41(60)14-6-37)36-58(3,4)52-32-26-48(34-54(52)59)68-45-21-11-40(12-22-45)56(63)39-7-17-43(18-8-39)66-46-23-29-50(30-24-46)69(64,65)49-27-15-42(61)16-28-49/h5-34,60-61H,35-36H2,1-4H3. The number of ether oxygens (including phenoxy) is 3. The van der Waals surface area contributed by atoms with E-state index in [0.29, 0.717) is 56.8 Å². The van der Waals surface area contributed by atoms with Gasteiger partial charge in [0.05, 0.1) is 9.79 Å². The van der Waals surface area contributed by atoms with Gasteiger partial charge < -0.3 is 24.4 Å². The highest BCUT2D eigenvalue weighted by molar-refractivity contribution is 7.91. The lowest BCUT2D eigenvalue weighted by molar-refractivity contribution is 0.103. The minimum Gasteiger partial charge on any atom is -0.508 e. The van der Waals surface area contributed by atoms with Gasteiger partial charge in [0, 0.05) is 27.7 Å². The van der Waals surface area contributed by atoms with Crippen molar-refractivity contribution in [3.8, 4) is 46.0 Å². The number of phenolic OH excluding ortho intramolecular Hbond substituents is 2. The van der Waals surface area contributed by atoms with Gasteiger partial charge in [-0.2, -0.15) is 0 Å². The number of fused-ring (bicyclic) bond motifs is 4. The fourth-order valence-electron chi connectivity index (χ4n) is 10.3. The zero-order valence-electron chi connectivity index (χ0n) is 38.4. The van der Waals surface area contributed by atoms with Crippen molar-refractivity contribution in [3.63, 3.8) is 0 Å². The molecule has 8 aromatic rings. The highest BCUT2D eigenvalue weighted by Gasteiger charge is 2.56. The predicted molar refractivity (Wildman–Crippen MR) is 263 cm³/mol. The van der Waals surface area contributed by atoms with E-state index in [4.69, 9.17) is 14.2 Å². The lowest BCUT2D eigenvalue weighted by atomic mass is 9.72. The fourth-order valence-corrected chi connectivity index (χ4v) is 11.5. The topological polar surface area (TPSA) is 136 Å². The second-order valence-corrected chi connectivity index (χ2v) is 21.1. The monoisotopic (exact) mass is 932 g/mol. The first kappa shape index (κ1) is 44.9. The molecule has 9 nitrogen and oxygen atoms in total. The Hall–Kier alpha value is -7.95. The molecule has 1 spiro atoms. The number of hydrogen-bond donors (Lipinski definition) is 2. The molecular formula is C59H48O9S. The average Bonchev–Trinajstić information content (AvgIpc) is 3.71. The number of ketones is 2. The number of sulfone groups is 1. The minimum absolute atomic E-state index is 0.0196. The van der Waals surface area contributed by atoms with Gasteiger partial charge in [0.2, 0.25) is 9.84 Å². The Morgan fingerprint density at radius 2 is 0.667 bits per heavy atom. The van der Waals surface area contributed by atoms with Crippen LogP contribution in [0.4, 0.5) is 0 Å². The van der Waals surface area contributed by atoms with Crippen LogP contribution in [0.1, 0.15) is 94.6 Å². The number of hydrogen-bond acceptors (Lipinski definition) is 9. The molecule has 0 amide bonds. The lowest BCUT2D eigenvalue weighted by Gasteiger charge is -2.30. The zero-order valence-corrected chi connectivity index (χ0v) is 39.2. The lowest BCUT2D eigenvalue weighted by Crippen LogP contribution is -2.27. The van der Waals surface area contributed by atoms with Crippen LogP contribution >= 0.6 is 0 Å². The molecular weight excluding hydrogens is 885 g/mol. The molecule has 1 atom stereocenters. The molecule has 69 heavy (non-hydrogen) atoms. The van der Waals surface area contributed by atoms with Gasteiger partial charge in [-0.3, -0.25) is 9.59 Å². The number of aromatic hydroxyl groups is 2. The van der Waals surface area contributed by atoms with Crippen molar-refractivity contribution in [1.29, 1.82) is 0 Å². The average molecular weight is 933 g/mol. The molecule has 0 fully saturated rings. The Kier molecular flexibility index (Phi) is 11.0. The summed E-state index contributed by atoms with van der Waals surface area (Å²) in [6, 6.07) is 51.4. The van der Waals surface area contributed by atoms with Crippen LogP contribution in [0.3, 0.4) is 0 Å². The molecule has 0 aliphatic heterocycles. The highest BCUT2D eigenvalue weighted by Crippen LogP contribution is 2.63. The number of rotatable bonds is 12. The third-order valence-electron chi connectivity index (χ3n) is 13.4. The molecule has 0 saturated carbocycles. The number of carbonyl (C=O) groups excluding carboxylic acids is 2. The summed E-state index contributed by atoms with van der Waals surface area (Å²) in [6.45, 7) is 9.23. The Balaban J connectivity index is 0.828. The second kappa shape index (κ2) is 17.0. The van der Waals surface area contributed by atoms with Gasteiger partial charge in [-0.15, -0.1) is 0 Å². The Morgan fingerprint density at radius 1 is 0.391 bits per heavy atom. The quantitative estimate of drug-likeness (QED) is 0.115. The van der Waals surface area contributed by atoms with Crippen molar-refractivity contribution >= 4 is 21.4 Å². The summed E-state index contributed by atoms with van der Waals surface area (Å²) >= 11 is 0. The van der Waals surface area contributed by atoms with E-state index in [-0.39, 0.29) is 49.1 Å². The van der Waals surface area contributed by atoms with E-state index in [0.717, 1.165) is 12.8 Å². The SMILES string of the molecule is CC1(C)CC2(CC(C)(C)c3ccc(Oc4ccc(C(=O)c5ccc(Oc6ccc(S(=O)(=O)c7ccc(O)cc7)cc6)cc5)cc4)cc32)c2cc(Oc3ccc(C(=O)c4ccc(O)cc4)cc3)ccc21. The van der Waals surface area contributed by atoms with E-state index in [1.165, 1.54) is 70.8 Å². The molecule has 0 bridgehead atoms. The maximum Gasteiger partial charge on any atom is 0.206 e. The third kappa shape index (κ3) is 8.53. The molecule has 0 heterocycles. The predicted octanol–water partition coefficient (Wildman–Crippen LogP) is 13.4. The van der Waals surface area contributed by atoms with Crippen molar-refractivity contribution in [2.45, 2.75) is 66.6 Å². The van der Waals surface area contributed by atoms with Crippen LogP contribution in [-0.2, 0) is 26.1 Å². The molecule has 1 unspecified atom stereocenters. The van der Waals surface area contributed by atoms with E-state index in [1.807, 2.05) is 12.1 Å². The summed E-state index contributed by atoms with van der Waals surface area (Å²) < 4.78 is 44.9. The Morgan fingerprint density at radius 3 is 1.03 bits per heavy atom. The van der Waals surface area contributed by atoms with Gasteiger partial charge >= 0.3 is 0 Å².